The molecule has 2 heterocycles. The number of imidazole rings is 1. The minimum Gasteiger partial charge on any atom is -0.481 e. The number of carboxylic acid groups (broad SMARTS) is 3. The molecule has 0 bridgehead atoms. The van der Waals surface area contributed by atoms with Crippen LogP contribution in [0, 0.1) is 0 Å². The van der Waals surface area contributed by atoms with Gasteiger partial charge in [-0.15, -0.1) is 0 Å². The van der Waals surface area contributed by atoms with Gasteiger partial charge in [-0.05, 0) is 43.5 Å². The number of fused-ring (bicyclic) bond motifs is 3. The molecule has 11 nitrogen and oxygen atoms in total. The number of piperazine rings is 1. The zero-order chi connectivity index (χ0) is 34.5. The summed E-state index contributed by atoms with van der Waals surface area (Å²) < 4.78 is 41.6. The second kappa shape index (κ2) is 14.4. The van der Waals surface area contributed by atoms with Crippen LogP contribution in [-0.2, 0) is 27.0 Å². The summed E-state index contributed by atoms with van der Waals surface area (Å²) in [5.41, 5.74) is -0.470. The van der Waals surface area contributed by atoms with Crippen molar-refractivity contribution in [3.8, 4) is 0 Å². The maximum Gasteiger partial charge on any atom is 0.416 e. The standard InChI is InChI=1S/C27H29F3N4.C6H8O7/c1-19(2)34-25(31-24-11-10-20-6-3-4-9-23(20)26(24)34)12-13-32-14-16-33(17-15-32)22-8-5-7-21(18-22)27(28,29)30;7-3(8)1-6(13,5(11)12)2-4(9)10/h3-11,18-19H,12-17H2,1-2H3;13H,1-2H2,(H,7,8)(H,9,10)(H,11,12). The first kappa shape index (κ1) is 35.2. The number of alkyl halides is 3. The Balaban J connectivity index is 0.000000328. The van der Waals surface area contributed by atoms with Crippen molar-refractivity contribution < 1.29 is 48.0 Å². The zero-order valence-corrected chi connectivity index (χ0v) is 25.9. The van der Waals surface area contributed by atoms with Crippen LogP contribution in [0.25, 0.3) is 21.8 Å². The Hall–Kier alpha value is -4.69. The van der Waals surface area contributed by atoms with Gasteiger partial charge in [0, 0.05) is 56.3 Å². The average Bonchev–Trinajstić information content (AvgIpc) is 3.39. The molecule has 5 rings (SSSR count). The molecule has 1 aliphatic rings. The lowest BCUT2D eigenvalue weighted by Crippen LogP contribution is -2.47. The molecule has 14 heteroatoms. The first-order valence-corrected chi connectivity index (χ1v) is 15.0. The zero-order valence-electron chi connectivity index (χ0n) is 25.9. The van der Waals surface area contributed by atoms with E-state index in [2.05, 4.69) is 59.7 Å². The molecule has 4 N–H and O–H groups in total. The molecule has 0 aliphatic carbocycles. The highest BCUT2D eigenvalue weighted by atomic mass is 19.4. The fraction of sp³-hybridized carbons (Fsp3) is 0.394. The van der Waals surface area contributed by atoms with Crippen molar-refractivity contribution in [3.05, 3.63) is 72.1 Å². The fourth-order valence-electron chi connectivity index (χ4n) is 5.72. The third-order valence-corrected chi connectivity index (χ3v) is 8.01. The highest BCUT2D eigenvalue weighted by molar-refractivity contribution is 6.04. The number of aromatic nitrogens is 2. The molecule has 0 amide bonds. The van der Waals surface area contributed by atoms with Gasteiger partial charge in [0.25, 0.3) is 0 Å². The topological polar surface area (TPSA) is 156 Å². The van der Waals surface area contributed by atoms with E-state index in [0.717, 1.165) is 43.5 Å². The van der Waals surface area contributed by atoms with E-state index in [1.165, 1.54) is 28.4 Å². The molecule has 1 fully saturated rings. The Bertz CT molecular complexity index is 1730. The summed E-state index contributed by atoms with van der Waals surface area (Å²) in [6.07, 6.45) is -5.76. The molecule has 0 radical (unpaired) electrons. The number of carbonyl (C=O) groups is 3. The molecule has 0 unspecified atom stereocenters. The number of benzene rings is 3. The summed E-state index contributed by atoms with van der Waals surface area (Å²) in [5, 5.41) is 36.3. The first-order valence-electron chi connectivity index (χ1n) is 15.0. The lowest BCUT2D eigenvalue weighted by Gasteiger charge is -2.36. The Labute approximate surface area is 268 Å². The summed E-state index contributed by atoms with van der Waals surface area (Å²) >= 11 is 0. The molecular weight excluding hydrogens is 621 g/mol. The number of anilines is 1. The summed E-state index contributed by atoms with van der Waals surface area (Å²) in [7, 11) is 0. The van der Waals surface area contributed by atoms with Crippen LogP contribution in [0.4, 0.5) is 18.9 Å². The Morgan fingerprint density at radius 1 is 0.872 bits per heavy atom. The van der Waals surface area contributed by atoms with Crippen LogP contribution in [0.3, 0.4) is 0 Å². The van der Waals surface area contributed by atoms with Crippen molar-refractivity contribution in [2.75, 3.05) is 37.6 Å². The van der Waals surface area contributed by atoms with E-state index in [1.807, 2.05) is 4.90 Å². The predicted octanol–water partition coefficient (Wildman–Crippen LogP) is 4.91. The average molecular weight is 659 g/mol. The van der Waals surface area contributed by atoms with Gasteiger partial charge in [0.05, 0.1) is 29.4 Å². The van der Waals surface area contributed by atoms with Crippen molar-refractivity contribution in [1.29, 1.82) is 0 Å². The third-order valence-electron chi connectivity index (χ3n) is 8.01. The number of nitrogens with zero attached hydrogens (tertiary/aromatic N) is 4. The largest absolute Gasteiger partial charge is 0.481 e. The normalized spacial score (nSPS) is 14.3. The molecule has 4 aromatic rings. The van der Waals surface area contributed by atoms with Gasteiger partial charge in [0.2, 0.25) is 0 Å². The lowest BCUT2D eigenvalue weighted by molar-refractivity contribution is -0.170. The van der Waals surface area contributed by atoms with Crippen LogP contribution < -0.4 is 4.90 Å². The van der Waals surface area contributed by atoms with Crippen molar-refractivity contribution in [1.82, 2.24) is 14.5 Å². The van der Waals surface area contributed by atoms with E-state index in [0.29, 0.717) is 24.8 Å². The molecule has 1 saturated heterocycles. The van der Waals surface area contributed by atoms with Crippen molar-refractivity contribution in [3.63, 3.8) is 0 Å². The summed E-state index contributed by atoms with van der Waals surface area (Å²) in [4.78, 5) is 39.9. The molecular formula is C33H37F3N4O7. The Kier molecular flexibility index (Phi) is 10.8. The number of aliphatic carboxylic acids is 3. The van der Waals surface area contributed by atoms with E-state index in [9.17, 15) is 27.6 Å². The second-order valence-corrected chi connectivity index (χ2v) is 11.8. The summed E-state index contributed by atoms with van der Waals surface area (Å²) in [6.45, 7) is 8.34. The van der Waals surface area contributed by atoms with Gasteiger partial charge in [0.15, 0.2) is 5.60 Å². The lowest BCUT2D eigenvalue weighted by atomic mass is 9.96. The number of aliphatic hydroxyl groups is 1. The quantitative estimate of drug-likeness (QED) is 0.185. The SMILES string of the molecule is CC(C)n1c(CCN2CCN(c3cccc(C(F)(F)F)c3)CC2)nc2ccc3ccccc3c21.O=C(O)CC(O)(CC(=O)O)C(=O)O. The highest BCUT2D eigenvalue weighted by Crippen LogP contribution is 2.32. The Morgan fingerprint density at radius 3 is 2.09 bits per heavy atom. The minimum atomic E-state index is -4.31. The molecule has 3 aromatic carbocycles. The van der Waals surface area contributed by atoms with Gasteiger partial charge in [-0.25, -0.2) is 9.78 Å². The van der Waals surface area contributed by atoms with Crippen molar-refractivity contribution >= 4 is 45.4 Å². The van der Waals surface area contributed by atoms with Gasteiger partial charge in [0.1, 0.15) is 5.82 Å². The minimum absolute atomic E-state index is 0.295. The molecule has 1 aliphatic heterocycles. The van der Waals surface area contributed by atoms with Gasteiger partial charge in [-0.3, -0.25) is 14.5 Å². The predicted molar refractivity (Wildman–Crippen MR) is 169 cm³/mol. The van der Waals surface area contributed by atoms with E-state index in [1.54, 1.807) is 6.07 Å². The van der Waals surface area contributed by atoms with Gasteiger partial charge >= 0.3 is 24.1 Å². The molecule has 252 valence electrons. The summed E-state index contributed by atoms with van der Waals surface area (Å²) in [6, 6.07) is 18.6. The smallest absolute Gasteiger partial charge is 0.416 e. The van der Waals surface area contributed by atoms with E-state index in [4.69, 9.17) is 25.4 Å². The van der Waals surface area contributed by atoms with E-state index >= 15 is 0 Å². The second-order valence-electron chi connectivity index (χ2n) is 11.8. The third kappa shape index (κ3) is 8.57. The van der Waals surface area contributed by atoms with Crippen molar-refractivity contribution in [2.45, 2.75) is 50.9 Å². The molecule has 0 saturated carbocycles. The maximum absolute atomic E-state index is 13.1. The maximum atomic E-state index is 13.1. The summed E-state index contributed by atoms with van der Waals surface area (Å²) in [5.74, 6) is -3.93. The number of carboxylic acids is 3. The van der Waals surface area contributed by atoms with Crippen LogP contribution >= 0.6 is 0 Å². The van der Waals surface area contributed by atoms with Crippen molar-refractivity contribution in [2.24, 2.45) is 0 Å². The number of hydrogen-bond donors (Lipinski definition) is 4. The van der Waals surface area contributed by atoms with Crippen LogP contribution in [0.1, 0.15) is 44.1 Å². The van der Waals surface area contributed by atoms with Gasteiger partial charge in [-0.2, -0.15) is 13.2 Å². The fourth-order valence-corrected chi connectivity index (χ4v) is 5.72. The van der Waals surface area contributed by atoms with E-state index < -0.39 is 48.1 Å². The van der Waals surface area contributed by atoms with Crippen LogP contribution in [0.2, 0.25) is 0 Å². The molecule has 47 heavy (non-hydrogen) atoms. The molecule has 0 spiro atoms. The Morgan fingerprint density at radius 2 is 1.51 bits per heavy atom. The first-order chi connectivity index (χ1) is 22.1. The van der Waals surface area contributed by atoms with E-state index in [-0.39, 0.29) is 0 Å². The number of rotatable bonds is 10. The molecule has 1 aromatic heterocycles. The van der Waals surface area contributed by atoms with Gasteiger partial charge in [-0.1, -0.05) is 36.4 Å². The number of halogens is 3. The van der Waals surface area contributed by atoms with Crippen LogP contribution in [-0.4, -0.2) is 91.1 Å². The van der Waals surface area contributed by atoms with Crippen LogP contribution in [0.15, 0.2) is 60.7 Å². The van der Waals surface area contributed by atoms with Gasteiger partial charge < -0.3 is 29.9 Å². The molecule has 0 atom stereocenters. The van der Waals surface area contributed by atoms with Crippen LogP contribution in [0.5, 0.6) is 0 Å². The highest BCUT2D eigenvalue weighted by Gasteiger charge is 2.40. The monoisotopic (exact) mass is 658 g/mol. The number of hydrogen-bond acceptors (Lipinski definition) is 7.